The smallest absolute Gasteiger partial charge is 0.329 e. The Bertz CT molecular complexity index is 818. The Morgan fingerprint density at radius 2 is 1.88 bits per heavy atom. The zero-order chi connectivity index (χ0) is 18.9. The molecule has 7 nitrogen and oxygen atoms in total. The van der Waals surface area contributed by atoms with Gasteiger partial charge in [-0.25, -0.2) is 5.43 Å². The number of carbonyl (C=O) groups is 2. The van der Waals surface area contributed by atoms with Crippen molar-refractivity contribution >= 4 is 29.4 Å². The fraction of sp³-hybridized carbons (Fsp3) is 0.211. The second-order valence-electron chi connectivity index (χ2n) is 5.42. The van der Waals surface area contributed by atoms with E-state index < -0.39 is 11.8 Å². The molecule has 2 rings (SSSR count). The van der Waals surface area contributed by atoms with Gasteiger partial charge in [-0.3, -0.25) is 9.59 Å². The molecule has 0 bridgehead atoms. The summed E-state index contributed by atoms with van der Waals surface area (Å²) in [6, 6.07) is 13.3. The van der Waals surface area contributed by atoms with Crippen LogP contribution in [-0.4, -0.2) is 31.7 Å². The molecule has 0 saturated carbocycles. The zero-order valence-corrected chi connectivity index (χ0v) is 15.0. The third kappa shape index (κ3) is 4.83. The van der Waals surface area contributed by atoms with E-state index in [-0.39, 0.29) is 0 Å². The molecule has 0 aliphatic heterocycles. The summed E-state index contributed by atoms with van der Waals surface area (Å²) in [6.07, 6.45) is 1.46. The highest BCUT2D eigenvalue weighted by molar-refractivity contribution is 6.35. The Hall–Kier alpha value is -3.35. The number of hydrogen-bond acceptors (Lipinski definition) is 5. The summed E-state index contributed by atoms with van der Waals surface area (Å²) in [4.78, 5) is 23.0. The van der Waals surface area contributed by atoms with Crippen LogP contribution < -0.4 is 20.8 Å². The predicted octanol–water partition coefficient (Wildman–Crippen LogP) is 2.33. The predicted molar refractivity (Wildman–Crippen MR) is 102 cm³/mol. The maximum Gasteiger partial charge on any atom is 0.329 e. The SMILES string of the molecule is CCNC(=O)C(=O)N/N=C/c1cccc(OC)c1Nc1ccccc1C. The fourth-order valence-corrected chi connectivity index (χ4v) is 2.26. The summed E-state index contributed by atoms with van der Waals surface area (Å²) in [5, 5.41) is 9.60. The molecular formula is C19H22N4O3. The van der Waals surface area contributed by atoms with E-state index in [1.807, 2.05) is 49.4 Å². The number of ether oxygens (including phenoxy) is 1. The minimum absolute atomic E-state index is 0.371. The monoisotopic (exact) mass is 354 g/mol. The molecule has 0 unspecified atom stereocenters. The number of carbonyl (C=O) groups excluding carboxylic acids is 2. The summed E-state index contributed by atoms with van der Waals surface area (Å²) in [5.74, 6) is -0.916. The van der Waals surface area contributed by atoms with Crippen molar-refractivity contribution in [3.63, 3.8) is 0 Å². The first-order valence-corrected chi connectivity index (χ1v) is 8.17. The van der Waals surface area contributed by atoms with Crippen LogP contribution in [0.1, 0.15) is 18.1 Å². The van der Waals surface area contributed by atoms with Crippen molar-refractivity contribution in [2.45, 2.75) is 13.8 Å². The Labute approximate surface area is 152 Å². The minimum Gasteiger partial charge on any atom is -0.495 e. The van der Waals surface area contributed by atoms with Gasteiger partial charge in [-0.05, 0) is 31.5 Å². The highest BCUT2D eigenvalue weighted by Crippen LogP contribution is 2.31. The highest BCUT2D eigenvalue weighted by atomic mass is 16.5. The number of aryl methyl sites for hydroxylation is 1. The number of likely N-dealkylation sites (N-methyl/N-ethyl adjacent to an activating group) is 1. The van der Waals surface area contributed by atoms with Gasteiger partial charge in [0.25, 0.3) is 0 Å². The molecule has 0 heterocycles. The Kier molecular flexibility index (Phi) is 6.73. The van der Waals surface area contributed by atoms with Crippen molar-refractivity contribution in [1.29, 1.82) is 0 Å². The van der Waals surface area contributed by atoms with Crippen molar-refractivity contribution in [3.05, 3.63) is 53.6 Å². The van der Waals surface area contributed by atoms with Gasteiger partial charge in [0.05, 0.1) is 19.0 Å². The van der Waals surface area contributed by atoms with Crippen molar-refractivity contribution in [3.8, 4) is 5.75 Å². The number of hydrogen-bond donors (Lipinski definition) is 3. The van der Waals surface area contributed by atoms with Crippen molar-refractivity contribution < 1.29 is 14.3 Å². The molecule has 26 heavy (non-hydrogen) atoms. The lowest BCUT2D eigenvalue weighted by atomic mass is 10.1. The second-order valence-corrected chi connectivity index (χ2v) is 5.42. The van der Waals surface area contributed by atoms with E-state index in [1.165, 1.54) is 6.21 Å². The summed E-state index contributed by atoms with van der Waals surface area (Å²) in [7, 11) is 1.58. The molecule has 0 spiro atoms. The molecule has 3 N–H and O–H groups in total. The van der Waals surface area contributed by atoms with E-state index in [0.717, 1.165) is 11.3 Å². The van der Waals surface area contributed by atoms with Crippen LogP contribution in [0.3, 0.4) is 0 Å². The standard InChI is InChI=1S/C19H22N4O3/c1-4-20-18(24)19(25)23-21-12-14-9-7-11-16(26-3)17(14)22-15-10-6-5-8-13(15)2/h5-12,22H,4H2,1-3H3,(H,20,24)(H,23,25)/b21-12+. The first kappa shape index (κ1) is 19.0. The Morgan fingerprint density at radius 1 is 1.12 bits per heavy atom. The number of hydrazone groups is 1. The van der Waals surface area contributed by atoms with E-state index in [9.17, 15) is 9.59 Å². The number of methoxy groups -OCH3 is 1. The van der Waals surface area contributed by atoms with E-state index in [0.29, 0.717) is 23.5 Å². The molecule has 0 saturated heterocycles. The fourth-order valence-electron chi connectivity index (χ4n) is 2.26. The summed E-state index contributed by atoms with van der Waals surface area (Å²) in [5.41, 5.74) is 5.62. The van der Waals surface area contributed by atoms with Gasteiger partial charge in [0.1, 0.15) is 5.75 Å². The number of nitrogens with one attached hydrogen (secondary N) is 3. The lowest BCUT2D eigenvalue weighted by Gasteiger charge is -2.15. The van der Waals surface area contributed by atoms with Gasteiger partial charge >= 0.3 is 11.8 Å². The molecule has 2 aromatic rings. The van der Waals surface area contributed by atoms with Gasteiger partial charge in [-0.2, -0.15) is 5.10 Å². The summed E-state index contributed by atoms with van der Waals surface area (Å²) < 4.78 is 5.42. The van der Waals surface area contributed by atoms with E-state index >= 15 is 0 Å². The van der Waals surface area contributed by atoms with Gasteiger partial charge in [0.2, 0.25) is 0 Å². The maximum absolute atomic E-state index is 11.6. The van der Waals surface area contributed by atoms with Crippen molar-refractivity contribution in [1.82, 2.24) is 10.7 Å². The lowest BCUT2D eigenvalue weighted by Crippen LogP contribution is -2.37. The average Bonchev–Trinajstić information content (AvgIpc) is 2.64. The van der Waals surface area contributed by atoms with Crippen LogP contribution in [-0.2, 0) is 9.59 Å². The molecule has 0 atom stereocenters. The average molecular weight is 354 g/mol. The first-order valence-electron chi connectivity index (χ1n) is 8.17. The molecule has 7 heteroatoms. The lowest BCUT2D eigenvalue weighted by molar-refractivity contribution is -0.139. The van der Waals surface area contributed by atoms with Crippen LogP contribution in [0.15, 0.2) is 47.6 Å². The van der Waals surface area contributed by atoms with Crippen LogP contribution in [0, 0.1) is 6.92 Å². The molecule has 0 aliphatic rings. The number of amides is 2. The normalized spacial score (nSPS) is 10.4. The third-order valence-electron chi connectivity index (χ3n) is 3.60. The summed E-state index contributed by atoms with van der Waals surface area (Å²) in [6.45, 7) is 4.10. The number of rotatable bonds is 6. The van der Waals surface area contributed by atoms with Gasteiger partial charge in [0.15, 0.2) is 0 Å². The molecule has 136 valence electrons. The van der Waals surface area contributed by atoms with Gasteiger partial charge in [-0.15, -0.1) is 0 Å². The Balaban J connectivity index is 2.23. The van der Waals surface area contributed by atoms with E-state index in [1.54, 1.807) is 14.0 Å². The molecule has 0 fully saturated rings. The van der Waals surface area contributed by atoms with Crippen molar-refractivity contribution in [2.24, 2.45) is 5.10 Å². The van der Waals surface area contributed by atoms with Crippen LogP contribution in [0.5, 0.6) is 5.75 Å². The number of nitrogens with zero attached hydrogens (tertiary/aromatic N) is 1. The number of benzene rings is 2. The van der Waals surface area contributed by atoms with Crippen LogP contribution in [0.25, 0.3) is 0 Å². The summed E-state index contributed by atoms with van der Waals surface area (Å²) >= 11 is 0. The molecule has 2 aromatic carbocycles. The van der Waals surface area contributed by atoms with Crippen molar-refractivity contribution in [2.75, 3.05) is 19.0 Å². The maximum atomic E-state index is 11.6. The molecule has 0 radical (unpaired) electrons. The van der Waals surface area contributed by atoms with Gasteiger partial charge in [0, 0.05) is 17.8 Å². The Morgan fingerprint density at radius 3 is 2.58 bits per heavy atom. The molecular weight excluding hydrogens is 332 g/mol. The van der Waals surface area contributed by atoms with Crippen LogP contribution in [0.4, 0.5) is 11.4 Å². The van der Waals surface area contributed by atoms with Gasteiger partial charge in [-0.1, -0.05) is 30.3 Å². The number of para-hydroxylation sites is 2. The first-order chi connectivity index (χ1) is 12.6. The molecule has 0 aromatic heterocycles. The number of anilines is 2. The largest absolute Gasteiger partial charge is 0.495 e. The second kappa shape index (κ2) is 9.22. The highest BCUT2D eigenvalue weighted by Gasteiger charge is 2.12. The van der Waals surface area contributed by atoms with Crippen LogP contribution >= 0.6 is 0 Å². The van der Waals surface area contributed by atoms with E-state index in [2.05, 4.69) is 21.2 Å². The molecule has 2 amide bonds. The molecule has 0 aliphatic carbocycles. The van der Waals surface area contributed by atoms with Crippen LogP contribution in [0.2, 0.25) is 0 Å². The zero-order valence-electron chi connectivity index (χ0n) is 15.0. The van der Waals surface area contributed by atoms with E-state index in [4.69, 9.17) is 4.74 Å². The topological polar surface area (TPSA) is 91.8 Å². The third-order valence-corrected chi connectivity index (χ3v) is 3.60. The van der Waals surface area contributed by atoms with Gasteiger partial charge < -0.3 is 15.4 Å². The quantitative estimate of drug-likeness (QED) is 0.422. The minimum atomic E-state index is -0.820.